The van der Waals surface area contributed by atoms with Crippen molar-refractivity contribution in [3.05, 3.63) is 22.4 Å². The number of hydrogen-bond acceptors (Lipinski definition) is 4. The first-order valence-corrected chi connectivity index (χ1v) is 11.4. The maximum Gasteiger partial charge on any atom is 0.262 e. The molecule has 28 heavy (non-hydrogen) atoms. The smallest absolute Gasteiger partial charge is 0.262 e. The van der Waals surface area contributed by atoms with E-state index in [0.29, 0.717) is 24.5 Å². The quantitative estimate of drug-likeness (QED) is 0.732. The zero-order valence-electron chi connectivity index (χ0n) is 16.6. The summed E-state index contributed by atoms with van der Waals surface area (Å²) < 4.78 is 0. The molecule has 3 rings (SSSR count). The minimum Gasteiger partial charge on any atom is -0.354 e. The molecule has 0 aromatic carbocycles. The maximum absolute atomic E-state index is 12.7. The second kappa shape index (κ2) is 10.0. The summed E-state index contributed by atoms with van der Waals surface area (Å²) in [7, 11) is 0. The summed E-state index contributed by atoms with van der Waals surface area (Å²) in [5, 5.41) is 7.74. The van der Waals surface area contributed by atoms with E-state index in [2.05, 4.69) is 10.6 Å². The highest BCUT2D eigenvalue weighted by Crippen LogP contribution is 2.29. The third kappa shape index (κ3) is 5.13. The van der Waals surface area contributed by atoms with E-state index in [1.807, 2.05) is 23.3 Å². The molecule has 7 heteroatoms. The van der Waals surface area contributed by atoms with Crippen molar-refractivity contribution in [2.24, 2.45) is 11.8 Å². The highest BCUT2D eigenvalue weighted by Gasteiger charge is 2.35. The van der Waals surface area contributed by atoms with Gasteiger partial charge in [0, 0.05) is 25.6 Å². The molecule has 3 amide bonds. The Balaban J connectivity index is 1.60. The molecular formula is C21H31N3O3S. The lowest BCUT2D eigenvalue weighted by Gasteiger charge is -2.36. The fraction of sp³-hybridized carbons (Fsp3) is 0.667. The molecule has 1 saturated heterocycles. The molecule has 1 aliphatic carbocycles. The van der Waals surface area contributed by atoms with Gasteiger partial charge in [0.1, 0.15) is 6.04 Å². The van der Waals surface area contributed by atoms with Gasteiger partial charge < -0.3 is 15.5 Å². The molecule has 1 aromatic heterocycles. The zero-order valence-corrected chi connectivity index (χ0v) is 17.4. The second-order valence-corrected chi connectivity index (χ2v) is 8.81. The Bertz CT molecular complexity index is 662. The fourth-order valence-corrected chi connectivity index (χ4v) is 4.89. The van der Waals surface area contributed by atoms with Crippen LogP contribution in [0.4, 0.5) is 0 Å². The Labute approximate surface area is 171 Å². The van der Waals surface area contributed by atoms with E-state index in [-0.39, 0.29) is 29.6 Å². The van der Waals surface area contributed by atoms with Crippen molar-refractivity contribution < 1.29 is 14.4 Å². The number of nitrogens with one attached hydrogen (secondary N) is 2. The molecular weight excluding hydrogens is 374 g/mol. The van der Waals surface area contributed by atoms with Crippen molar-refractivity contribution >= 4 is 29.1 Å². The van der Waals surface area contributed by atoms with E-state index in [1.54, 1.807) is 6.07 Å². The summed E-state index contributed by atoms with van der Waals surface area (Å²) in [4.78, 5) is 40.5. The normalized spacial score (nSPS) is 19.4. The predicted octanol–water partition coefficient (Wildman–Crippen LogP) is 2.80. The van der Waals surface area contributed by atoms with Gasteiger partial charge in [-0.05, 0) is 49.5 Å². The van der Waals surface area contributed by atoms with E-state index < -0.39 is 6.04 Å². The number of likely N-dealkylation sites (tertiary alicyclic amines) is 1. The van der Waals surface area contributed by atoms with Gasteiger partial charge in [-0.15, -0.1) is 11.3 Å². The van der Waals surface area contributed by atoms with Crippen LogP contribution in [0.3, 0.4) is 0 Å². The molecule has 1 atom stereocenters. The lowest BCUT2D eigenvalue weighted by atomic mass is 9.88. The number of rotatable bonds is 7. The Kier molecular flexibility index (Phi) is 7.48. The summed E-state index contributed by atoms with van der Waals surface area (Å²) in [6.45, 7) is 3.95. The summed E-state index contributed by atoms with van der Waals surface area (Å²) in [5.74, 6) is 0.209. The van der Waals surface area contributed by atoms with Crippen LogP contribution >= 0.6 is 11.3 Å². The Hall–Kier alpha value is -1.89. The number of carbonyl (C=O) groups is 3. The molecule has 1 unspecified atom stereocenters. The van der Waals surface area contributed by atoms with E-state index >= 15 is 0 Å². The summed E-state index contributed by atoms with van der Waals surface area (Å²) in [5.41, 5.74) is 0. The Morgan fingerprint density at radius 2 is 1.89 bits per heavy atom. The van der Waals surface area contributed by atoms with Gasteiger partial charge >= 0.3 is 0 Å². The minimum absolute atomic E-state index is 0.0494. The molecule has 6 nitrogen and oxygen atoms in total. The van der Waals surface area contributed by atoms with Crippen molar-refractivity contribution in [3.8, 4) is 0 Å². The minimum atomic E-state index is -0.551. The van der Waals surface area contributed by atoms with Gasteiger partial charge in [0.2, 0.25) is 11.8 Å². The van der Waals surface area contributed by atoms with Crippen LogP contribution < -0.4 is 10.6 Å². The van der Waals surface area contributed by atoms with Gasteiger partial charge in [-0.25, -0.2) is 0 Å². The van der Waals surface area contributed by atoms with Crippen LogP contribution in [0.5, 0.6) is 0 Å². The molecule has 2 fully saturated rings. The molecule has 1 aliphatic heterocycles. The number of nitrogens with zero attached hydrogens (tertiary/aromatic N) is 1. The van der Waals surface area contributed by atoms with E-state index in [0.717, 1.165) is 44.9 Å². The number of piperidine rings is 1. The number of amides is 3. The molecule has 2 N–H and O–H groups in total. The monoisotopic (exact) mass is 405 g/mol. The fourth-order valence-electron chi connectivity index (χ4n) is 4.26. The molecule has 1 saturated carbocycles. The lowest BCUT2D eigenvalue weighted by molar-refractivity contribution is -0.137. The van der Waals surface area contributed by atoms with Gasteiger partial charge in [0.25, 0.3) is 5.91 Å². The third-order valence-corrected chi connectivity index (χ3v) is 6.76. The molecule has 2 heterocycles. The van der Waals surface area contributed by atoms with Gasteiger partial charge in [-0.1, -0.05) is 25.8 Å². The largest absolute Gasteiger partial charge is 0.354 e. The van der Waals surface area contributed by atoms with Crippen molar-refractivity contribution in [3.63, 3.8) is 0 Å². The molecule has 0 radical (unpaired) electrons. The van der Waals surface area contributed by atoms with Crippen molar-refractivity contribution in [2.45, 2.75) is 57.9 Å². The Morgan fingerprint density at radius 1 is 1.18 bits per heavy atom. The van der Waals surface area contributed by atoms with E-state index in [4.69, 9.17) is 0 Å². The summed E-state index contributed by atoms with van der Waals surface area (Å²) in [6.07, 6.45) is 6.67. The summed E-state index contributed by atoms with van der Waals surface area (Å²) >= 11 is 1.37. The van der Waals surface area contributed by atoms with Crippen LogP contribution in [0.15, 0.2) is 17.5 Å². The second-order valence-electron chi connectivity index (χ2n) is 7.86. The van der Waals surface area contributed by atoms with Crippen LogP contribution in [-0.4, -0.2) is 48.3 Å². The van der Waals surface area contributed by atoms with E-state index in [9.17, 15) is 14.4 Å². The first-order chi connectivity index (χ1) is 13.6. The molecule has 0 bridgehead atoms. The number of thiophene rings is 1. The Morgan fingerprint density at radius 3 is 2.50 bits per heavy atom. The van der Waals surface area contributed by atoms with Gasteiger partial charge in [-0.2, -0.15) is 0 Å². The number of hydrogen-bond donors (Lipinski definition) is 2. The zero-order chi connectivity index (χ0) is 19.9. The third-order valence-electron chi connectivity index (χ3n) is 5.89. The molecule has 0 spiro atoms. The lowest BCUT2D eigenvalue weighted by Crippen LogP contribution is -2.54. The van der Waals surface area contributed by atoms with Gasteiger partial charge in [0.05, 0.1) is 4.88 Å². The van der Waals surface area contributed by atoms with E-state index in [1.165, 1.54) is 11.3 Å². The number of carbonyl (C=O) groups excluding carboxylic acids is 3. The highest BCUT2D eigenvalue weighted by molar-refractivity contribution is 7.12. The van der Waals surface area contributed by atoms with Gasteiger partial charge in [0.15, 0.2) is 0 Å². The average molecular weight is 406 g/mol. The molecule has 2 aliphatic rings. The average Bonchev–Trinajstić information content (AvgIpc) is 3.44. The first kappa shape index (κ1) is 20.8. The van der Waals surface area contributed by atoms with Crippen LogP contribution in [0.2, 0.25) is 0 Å². The summed E-state index contributed by atoms with van der Waals surface area (Å²) in [6, 6.07) is 3.05. The van der Waals surface area contributed by atoms with Crippen molar-refractivity contribution in [1.82, 2.24) is 15.5 Å². The standard InChI is InChI=1S/C21H31N3O3S/c1-2-11-22-20(26)18(23-19(25)17-8-5-14-28-17)15-9-12-24(13-10-15)21(27)16-6-3-4-7-16/h5,8,14-16,18H,2-4,6-7,9-13H2,1H3,(H,22,26)(H,23,25). The highest BCUT2D eigenvalue weighted by atomic mass is 32.1. The van der Waals surface area contributed by atoms with Crippen LogP contribution in [-0.2, 0) is 9.59 Å². The topological polar surface area (TPSA) is 78.5 Å². The maximum atomic E-state index is 12.7. The molecule has 154 valence electrons. The SMILES string of the molecule is CCCNC(=O)C(NC(=O)c1cccs1)C1CCN(C(=O)C2CCCC2)CC1. The molecule has 1 aromatic rings. The van der Waals surface area contributed by atoms with Crippen LogP contribution in [0.25, 0.3) is 0 Å². The van der Waals surface area contributed by atoms with Crippen LogP contribution in [0.1, 0.15) is 61.5 Å². The first-order valence-electron chi connectivity index (χ1n) is 10.5. The van der Waals surface area contributed by atoms with Crippen LogP contribution in [0, 0.1) is 11.8 Å². The van der Waals surface area contributed by atoms with Crippen molar-refractivity contribution in [2.75, 3.05) is 19.6 Å². The predicted molar refractivity (Wildman–Crippen MR) is 110 cm³/mol. The van der Waals surface area contributed by atoms with Crippen molar-refractivity contribution in [1.29, 1.82) is 0 Å². The van der Waals surface area contributed by atoms with Gasteiger partial charge in [-0.3, -0.25) is 14.4 Å².